The highest BCUT2D eigenvalue weighted by atomic mass is 19.1. The first-order valence-electron chi connectivity index (χ1n) is 13.2. The number of benzene rings is 4. The molecule has 5 heteroatoms. The minimum absolute atomic E-state index is 0.580. The van der Waals surface area contributed by atoms with Crippen LogP contribution >= 0.6 is 0 Å². The highest BCUT2D eigenvalue weighted by molar-refractivity contribution is 6.26. The average molecular weight is 520 g/mol. The maximum absolute atomic E-state index is 16.1. The van der Waals surface area contributed by atoms with E-state index in [4.69, 9.17) is 9.40 Å². The van der Waals surface area contributed by atoms with Gasteiger partial charge in [-0.15, -0.1) is 0 Å². The Morgan fingerprint density at radius 3 is 2.33 bits per heavy atom. The number of alkyl halides is 1. The van der Waals surface area contributed by atoms with Gasteiger partial charge in [0, 0.05) is 45.2 Å². The fourth-order valence-electron chi connectivity index (χ4n) is 5.81. The molecule has 0 N–H and O–H groups in total. The van der Waals surface area contributed by atoms with Crippen molar-refractivity contribution in [2.24, 2.45) is 0 Å². The molecule has 0 spiro atoms. The van der Waals surface area contributed by atoms with Crippen LogP contribution in [-0.4, -0.2) is 14.5 Å². The lowest BCUT2D eigenvalue weighted by Gasteiger charge is -2.13. The molecule has 1 unspecified atom stereocenters. The summed E-state index contributed by atoms with van der Waals surface area (Å²) in [6.45, 7) is 0. The minimum atomic E-state index is -1.30. The van der Waals surface area contributed by atoms with Gasteiger partial charge in [0.05, 0.1) is 11.2 Å². The average Bonchev–Trinajstić information content (AvgIpc) is 3.57. The van der Waals surface area contributed by atoms with E-state index in [0.29, 0.717) is 11.1 Å². The molecule has 0 aliphatic rings. The van der Waals surface area contributed by atoms with Gasteiger partial charge < -0.3 is 4.42 Å². The summed E-state index contributed by atoms with van der Waals surface area (Å²) in [4.78, 5) is 9.20. The fourth-order valence-corrected chi connectivity index (χ4v) is 5.81. The van der Waals surface area contributed by atoms with Gasteiger partial charge in [0.15, 0.2) is 6.17 Å². The van der Waals surface area contributed by atoms with Gasteiger partial charge in [-0.25, -0.2) is 9.37 Å². The van der Waals surface area contributed by atoms with Crippen molar-refractivity contribution < 1.29 is 8.81 Å². The van der Waals surface area contributed by atoms with E-state index in [1.807, 2.05) is 97.1 Å². The summed E-state index contributed by atoms with van der Waals surface area (Å²) < 4.78 is 24.4. The molecule has 8 rings (SSSR count). The number of fused-ring (bicyclic) bond motifs is 7. The van der Waals surface area contributed by atoms with Gasteiger partial charge >= 0.3 is 0 Å². The zero-order chi connectivity index (χ0) is 26.6. The van der Waals surface area contributed by atoms with Crippen LogP contribution in [0.2, 0.25) is 0 Å². The van der Waals surface area contributed by atoms with E-state index in [1.165, 1.54) is 0 Å². The maximum Gasteiger partial charge on any atom is 0.150 e. The molecule has 4 aromatic carbocycles. The Bertz CT molecular complexity index is 2200. The largest absolute Gasteiger partial charge is 0.456 e. The number of hydrogen-bond donors (Lipinski definition) is 0. The van der Waals surface area contributed by atoms with Crippen molar-refractivity contribution in [3.05, 3.63) is 139 Å². The summed E-state index contributed by atoms with van der Waals surface area (Å²) in [5.74, 6) is 0. The maximum atomic E-state index is 16.1. The Labute approximate surface area is 229 Å². The molecule has 4 aromatic heterocycles. The van der Waals surface area contributed by atoms with Crippen LogP contribution in [-0.2, 0) is 0 Å². The fraction of sp³-hybridized carbons (Fsp3) is 0.0286. The van der Waals surface area contributed by atoms with Crippen LogP contribution in [0.1, 0.15) is 17.3 Å². The Morgan fingerprint density at radius 1 is 0.625 bits per heavy atom. The molecule has 40 heavy (non-hydrogen) atoms. The highest BCUT2D eigenvalue weighted by Gasteiger charge is 2.20. The predicted molar refractivity (Wildman–Crippen MR) is 158 cm³/mol. The van der Waals surface area contributed by atoms with Gasteiger partial charge in [0.25, 0.3) is 0 Å². The number of furan rings is 1. The molecule has 190 valence electrons. The Hall–Kier alpha value is -5.29. The lowest BCUT2D eigenvalue weighted by Crippen LogP contribution is -1.99. The summed E-state index contributed by atoms with van der Waals surface area (Å²) in [5, 5.41) is 4.24. The van der Waals surface area contributed by atoms with Crippen molar-refractivity contribution in [3.8, 4) is 16.9 Å². The molecule has 0 bridgehead atoms. The molecule has 0 fully saturated rings. The zero-order valence-electron chi connectivity index (χ0n) is 21.3. The van der Waals surface area contributed by atoms with Crippen LogP contribution in [0.3, 0.4) is 0 Å². The van der Waals surface area contributed by atoms with E-state index in [9.17, 15) is 0 Å². The van der Waals surface area contributed by atoms with E-state index in [-0.39, 0.29) is 0 Å². The first kappa shape index (κ1) is 22.7. The molecule has 1 atom stereocenters. The Morgan fingerprint density at radius 2 is 1.43 bits per heavy atom. The monoisotopic (exact) mass is 519 g/mol. The number of halogens is 1. The number of nitrogens with zero attached hydrogens (tertiary/aromatic N) is 3. The Balaban J connectivity index is 1.31. The van der Waals surface area contributed by atoms with E-state index >= 15 is 4.39 Å². The van der Waals surface area contributed by atoms with E-state index in [1.54, 1.807) is 12.4 Å². The van der Waals surface area contributed by atoms with Gasteiger partial charge in [-0.1, -0.05) is 54.6 Å². The molecule has 0 saturated heterocycles. The topological polar surface area (TPSA) is 43.9 Å². The van der Waals surface area contributed by atoms with Crippen molar-refractivity contribution in [1.82, 2.24) is 14.5 Å². The molecular weight excluding hydrogens is 497 g/mol. The molecule has 4 heterocycles. The highest BCUT2D eigenvalue weighted by Crippen LogP contribution is 2.41. The predicted octanol–water partition coefficient (Wildman–Crippen LogP) is 9.20. The van der Waals surface area contributed by atoms with Gasteiger partial charge in [0.2, 0.25) is 0 Å². The van der Waals surface area contributed by atoms with E-state index < -0.39 is 6.17 Å². The standard InChI is InChI=1S/C35H22FN3O/c36-34(23-9-5-8-22(20-23)28-14-3-4-18-37-28)24-10-6-11-25(21-24)39-29-16-17-31-33(26-12-1-2-15-30(26)40-31)32(29)27-13-7-19-38-35(27)39/h1-21,34H. The second kappa shape index (κ2) is 8.89. The normalized spacial score (nSPS) is 12.5. The van der Waals surface area contributed by atoms with Crippen molar-refractivity contribution >= 4 is 43.9 Å². The number of hydrogen-bond acceptors (Lipinski definition) is 3. The molecule has 0 radical (unpaired) electrons. The molecule has 0 amide bonds. The van der Waals surface area contributed by atoms with Crippen LogP contribution in [0, 0.1) is 0 Å². The summed E-state index contributed by atoms with van der Waals surface area (Å²) in [6.07, 6.45) is 2.25. The number of rotatable bonds is 4. The van der Waals surface area contributed by atoms with Gasteiger partial charge in [-0.2, -0.15) is 0 Å². The van der Waals surface area contributed by atoms with E-state index in [0.717, 1.165) is 60.8 Å². The molecule has 4 nitrogen and oxygen atoms in total. The number of pyridine rings is 2. The SMILES string of the molecule is FC(c1cccc(-c2ccccn2)c1)c1cccc(-n2c3ccc4oc5ccccc5c4c3c3cccnc32)c1. The van der Waals surface area contributed by atoms with Crippen LogP contribution in [0.25, 0.3) is 60.8 Å². The van der Waals surface area contributed by atoms with Crippen LogP contribution in [0.4, 0.5) is 4.39 Å². The van der Waals surface area contributed by atoms with Gasteiger partial charge in [-0.05, 0) is 71.8 Å². The zero-order valence-corrected chi connectivity index (χ0v) is 21.3. The lowest BCUT2D eigenvalue weighted by molar-refractivity contribution is 0.402. The van der Waals surface area contributed by atoms with Gasteiger partial charge in [0.1, 0.15) is 16.8 Å². The lowest BCUT2D eigenvalue weighted by atomic mass is 9.99. The van der Waals surface area contributed by atoms with Crippen molar-refractivity contribution in [3.63, 3.8) is 0 Å². The van der Waals surface area contributed by atoms with Crippen LogP contribution < -0.4 is 0 Å². The van der Waals surface area contributed by atoms with Crippen molar-refractivity contribution in [2.75, 3.05) is 0 Å². The Kier molecular flexibility index (Phi) is 5.04. The molecule has 8 aromatic rings. The number of para-hydroxylation sites is 1. The summed E-state index contributed by atoms with van der Waals surface area (Å²) in [6, 6.07) is 37.2. The van der Waals surface area contributed by atoms with Crippen molar-refractivity contribution in [2.45, 2.75) is 6.17 Å². The summed E-state index contributed by atoms with van der Waals surface area (Å²) in [7, 11) is 0. The first-order chi connectivity index (χ1) is 19.8. The second-order valence-corrected chi connectivity index (χ2v) is 9.94. The van der Waals surface area contributed by atoms with Gasteiger partial charge in [-0.3, -0.25) is 9.55 Å². The quantitative estimate of drug-likeness (QED) is 0.233. The summed E-state index contributed by atoms with van der Waals surface area (Å²) >= 11 is 0. The first-order valence-corrected chi connectivity index (χ1v) is 13.2. The van der Waals surface area contributed by atoms with Crippen LogP contribution in [0.5, 0.6) is 0 Å². The third kappa shape index (κ3) is 3.45. The summed E-state index contributed by atoms with van der Waals surface area (Å²) in [5.41, 5.74) is 7.24. The molecule has 0 aliphatic carbocycles. The third-order valence-corrected chi connectivity index (χ3v) is 7.59. The van der Waals surface area contributed by atoms with Crippen LogP contribution in [0.15, 0.2) is 132 Å². The molecule has 0 aliphatic heterocycles. The minimum Gasteiger partial charge on any atom is -0.456 e. The third-order valence-electron chi connectivity index (χ3n) is 7.59. The molecular formula is C35H22FN3O. The molecule has 0 saturated carbocycles. The van der Waals surface area contributed by atoms with Crippen molar-refractivity contribution in [1.29, 1.82) is 0 Å². The number of aromatic nitrogens is 3. The smallest absolute Gasteiger partial charge is 0.150 e. The second-order valence-electron chi connectivity index (χ2n) is 9.94. The van der Waals surface area contributed by atoms with E-state index in [2.05, 4.69) is 27.8 Å².